The van der Waals surface area contributed by atoms with Gasteiger partial charge in [0.1, 0.15) is 11.6 Å². The molecule has 2 rings (SSSR count). The smallest absolute Gasteiger partial charge is 0.222 e. The molecule has 0 fully saturated rings. The van der Waals surface area contributed by atoms with E-state index in [0.717, 1.165) is 0 Å². The van der Waals surface area contributed by atoms with Gasteiger partial charge in [-0.3, -0.25) is 0 Å². The van der Waals surface area contributed by atoms with Crippen molar-refractivity contribution in [3.8, 4) is 17.5 Å². The average Bonchev–Trinajstić information content (AvgIpc) is 2.40. The highest BCUT2D eigenvalue weighted by Gasteiger charge is 2.05. The van der Waals surface area contributed by atoms with E-state index in [0.29, 0.717) is 29.7 Å². The van der Waals surface area contributed by atoms with Crippen molar-refractivity contribution in [2.45, 2.75) is 13.5 Å². The van der Waals surface area contributed by atoms with E-state index in [9.17, 15) is 4.39 Å². The molecule has 0 radical (unpaired) electrons. The predicted molar refractivity (Wildman–Crippen MR) is 69.8 cm³/mol. The Morgan fingerprint density at radius 2 is 2.00 bits per heavy atom. The quantitative estimate of drug-likeness (QED) is 0.900. The monoisotopic (exact) mass is 262 g/mol. The van der Waals surface area contributed by atoms with Crippen LogP contribution in [0.5, 0.6) is 17.5 Å². The van der Waals surface area contributed by atoms with E-state index < -0.39 is 0 Å². The number of pyridine rings is 1. The molecule has 19 heavy (non-hydrogen) atoms. The number of aromatic nitrogens is 1. The minimum Gasteiger partial charge on any atom is -0.478 e. The summed E-state index contributed by atoms with van der Waals surface area (Å²) in [7, 11) is 0. The molecule has 100 valence electrons. The number of benzene rings is 1. The van der Waals surface area contributed by atoms with Crippen LogP contribution in [0.2, 0.25) is 0 Å². The molecule has 0 saturated carbocycles. The molecule has 0 unspecified atom stereocenters. The Balaban J connectivity index is 2.16. The molecular weight excluding hydrogens is 247 g/mol. The Morgan fingerprint density at radius 1 is 1.21 bits per heavy atom. The summed E-state index contributed by atoms with van der Waals surface area (Å²) in [4.78, 5) is 4.14. The Labute approximate surface area is 111 Å². The fourth-order valence-electron chi connectivity index (χ4n) is 1.56. The van der Waals surface area contributed by atoms with Crippen LogP contribution >= 0.6 is 0 Å². The van der Waals surface area contributed by atoms with Gasteiger partial charge in [-0.2, -0.15) is 4.98 Å². The third-order valence-electron chi connectivity index (χ3n) is 2.46. The average molecular weight is 262 g/mol. The van der Waals surface area contributed by atoms with Gasteiger partial charge in [-0.15, -0.1) is 0 Å². The van der Waals surface area contributed by atoms with Crippen molar-refractivity contribution in [3.63, 3.8) is 0 Å². The van der Waals surface area contributed by atoms with Crippen LogP contribution in [-0.4, -0.2) is 11.6 Å². The zero-order chi connectivity index (χ0) is 13.7. The molecule has 4 nitrogen and oxygen atoms in total. The number of nitrogens with two attached hydrogens (primary N) is 1. The highest BCUT2D eigenvalue weighted by molar-refractivity contribution is 5.32. The van der Waals surface area contributed by atoms with E-state index in [1.807, 2.05) is 6.92 Å². The zero-order valence-electron chi connectivity index (χ0n) is 10.6. The summed E-state index contributed by atoms with van der Waals surface area (Å²) >= 11 is 0. The molecule has 2 aromatic rings. The van der Waals surface area contributed by atoms with Crippen LogP contribution in [-0.2, 0) is 6.54 Å². The van der Waals surface area contributed by atoms with Crippen LogP contribution in [0.1, 0.15) is 12.5 Å². The van der Waals surface area contributed by atoms with E-state index in [4.69, 9.17) is 15.2 Å². The van der Waals surface area contributed by atoms with Crippen molar-refractivity contribution in [2.24, 2.45) is 5.73 Å². The molecule has 0 aliphatic rings. The van der Waals surface area contributed by atoms with Gasteiger partial charge in [-0.1, -0.05) is 12.1 Å². The molecule has 1 aromatic carbocycles. The molecule has 5 heteroatoms. The maximum absolute atomic E-state index is 13.5. The third-order valence-corrected chi connectivity index (χ3v) is 2.46. The summed E-state index contributed by atoms with van der Waals surface area (Å²) in [6.07, 6.45) is 0. The van der Waals surface area contributed by atoms with Gasteiger partial charge in [0.2, 0.25) is 11.8 Å². The van der Waals surface area contributed by atoms with Gasteiger partial charge in [0.15, 0.2) is 0 Å². The van der Waals surface area contributed by atoms with Crippen molar-refractivity contribution >= 4 is 0 Å². The number of halogens is 1. The van der Waals surface area contributed by atoms with Crippen molar-refractivity contribution in [1.82, 2.24) is 4.98 Å². The molecule has 1 heterocycles. The summed E-state index contributed by atoms with van der Waals surface area (Å²) in [5.74, 6) is 0.807. The third kappa shape index (κ3) is 3.42. The number of rotatable bonds is 5. The normalized spacial score (nSPS) is 10.3. The van der Waals surface area contributed by atoms with Crippen LogP contribution in [0.4, 0.5) is 4.39 Å². The topological polar surface area (TPSA) is 57.4 Å². The second-order valence-electron chi connectivity index (χ2n) is 3.81. The highest BCUT2D eigenvalue weighted by atomic mass is 19.1. The van der Waals surface area contributed by atoms with Gasteiger partial charge in [0, 0.05) is 30.3 Å². The maximum Gasteiger partial charge on any atom is 0.222 e. The first kappa shape index (κ1) is 13.3. The molecule has 0 amide bonds. The van der Waals surface area contributed by atoms with Crippen LogP contribution in [0.25, 0.3) is 0 Å². The Kier molecular flexibility index (Phi) is 4.30. The lowest BCUT2D eigenvalue weighted by molar-refractivity contribution is 0.321. The number of hydrogen-bond donors (Lipinski definition) is 1. The molecule has 0 spiro atoms. The predicted octanol–water partition coefficient (Wildman–Crippen LogP) is 2.87. The lowest BCUT2D eigenvalue weighted by Crippen LogP contribution is -2.00. The second kappa shape index (κ2) is 6.15. The SMILES string of the molecule is CCOc1cccc(Oc2ccc(CN)c(F)c2)n1. The summed E-state index contributed by atoms with van der Waals surface area (Å²) in [5.41, 5.74) is 5.84. The van der Waals surface area contributed by atoms with E-state index in [1.54, 1.807) is 30.3 Å². The van der Waals surface area contributed by atoms with Gasteiger partial charge >= 0.3 is 0 Å². The summed E-state index contributed by atoms with van der Waals surface area (Å²) in [6, 6.07) is 9.71. The van der Waals surface area contributed by atoms with E-state index in [-0.39, 0.29) is 12.4 Å². The number of ether oxygens (including phenoxy) is 2. The second-order valence-corrected chi connectivity index (χ2v) is 3.81. The lowest BCUT2D eigenvalue weighted by Gasteiger charge is -2.08. The Bertz CT molecular complexity index is 561. The Hall–Kier alpha value is -2.14. The van der Waals surface area contributed by atoms with Crippen LogP contribution < -0.4 is 15.2 Å². The lowest BCUT2D eigenvalue weighted by atomic mass is 10.2. The zero-order valence-corrected chi connectivity index (χ0v) is 10.6. The molecule has 2 N–H and O–H groups in total. The molecular formula is C14H15FN2O2. The molecule has 0 aliphatic carbocycles. The maximum atomic E-state index is 13.5. The molecule has 0 bridgehead atoms. The fourth-order valence-corrected chi connectivity index (χ4v) is 1.56. The first-order valence-corrected chi connectivity index (χ1v) is 5.99. The molecule has 1 aromatic heterocycles. The minimum absolute atomic E-state index is 0.157. The van der Waals surface area contributed by atoms with E-state index >= 15 is 0 Å². The van der Waals surface area contributed by atoms with E-state index in [1.165, 1.54) is 6.07 Å². The molecule has 0 aliphatic heterocycles. The van der Waals surface area contributed by atoms with Gasteiger partial charge < -0.3 is 15.2 Å². The fraction of sp³-hybridized carbons (Fsp3) is 0.214. The standard InChI is InChI=1S/C14H15FN2O2/c1-2-18-13-4-3-5-14(17-13)19-11-7-6-10(9-16)12(15)8-11/h3-8H,2,9,16H2,1H3. The van der Waals surface area contributed by atoms with Gasteiger partial charge in [-0.25, -0.2) is 4.39 Å². The summed E-state index contributed by atoms with van der Waals surface area (Å²) in [6.45, 7) is 2.55. The van der Waals surface area contributed by atoms with Gasteiger partial charge in [-0.05, 0) is 13.0 Å². The van der Waals surface area contributed by atoms with Crippen LogP contribution in [0.3, 0.4) is 0 Å². The number of nitrogens with zero attached hydrogens (tertiary/aromatic N) is 1. The van der Waals surface area contributed by atoms with Gasteiger partial charge in [0.05, 0.1) is 6.61 Å². The minimum atomic E-state index is -0.388. The van der Waals surface area contributed by atoms with Crippen molar-refractivity contribution in [3.05, 3.63) is 47.8 Å². The number of hydrogen-bond acceptors (Lipinski definition) is 4. The molecule has 0 saturated heterocycles. The van der Waals surface area contributed by atoms with Crippen molar-refractivity contribution in [1.29, 1.82) is 0 Å². The largest absolute Gasteiger partial charge is 0.478 e. The van der Waals surface area contributed by atoms with Crippen molar-refractivity contribution < 1.29 is 13.9 Å². The first-order valence-electron chi connectivity index (χ1n) is 5.99. The summed E-state index contributed by atoms with van der Waals surface area (Å²) < 4.78 is 24.3. The van der Waals surface area contributed by atoms with Crippen LogP contribution in [0, 0.1) is 5.82 Å². The van der Waals surface area contributed by atoms with Crippen molar-refractivity contribution in [2.75, 3.05) is 6.61 Å². The van der Waals surface area contributed by atoms with Gasteiger partial charge in [0.25, 0.3) is 0 Å². The van der Waals surface area contributed by atoms with E-state index in [2.05, 4.69) is 4.98 Å². The summed E-state index contributed by atoms with van der Waals surface area (Å²) in [5, 5.41) is 0. The first-order chi connectivity index (χ1) is 9.22. The molecule has 0 atom stereocenters. The van der Waals surface area contributed by atoms with Crippen LogP contribution in [0.15, 0.2) is 36.4 Å². The Morgan fingerprint density at radius 3 is 2.68 bits per heavy atom. The highest BCUT2D eigenvalue weighted by Crippen LogP contribution is 2.23.